The third-order valence-corrected chi connectivity index (χ3v) is 10.3. The molecule has 0 aliphatic heterocycles. The number of pyridine rings is 2. The fourth-order valence-corrected chi connectivity index (χ4v) is 7.58. The summed E-state index contributed by atoms with van der Waals surface area (Å²) in [6.45, 7) is 14.4. The molecule has 0 amide bonds. The molecule has 0 unspecified atom stereocenters. The first-order valence-corrected chi connectivity index (χ1v) is 20.3. The molecule has 1 radical (unpaired) electrons. The minimum absolute atomic E-state index is 0. The van der Waals surface area contributed by atoms with E-state index in [1.165, 1.54) is 26.9 Å². The van der Waals surface area contributed by atoms with Gasteiger partial charge in [-0.2, -0.15) is 0 Å². The van der Waals surface area contributed by atoms with Crippen molar-refractivity contribution < 1.29 is 25.6 Å². The van der Waals surface area contributed by atoms with Crippen LogP contribution in [0.2, 0.25) is 19.6 Å². The molecule has 0 atom stereocenters. The van der Waals surface area contributed by atoms with Gasteiger partial charge in [0.15, 0.2) is 0 Å². The van der Waals surface area contributed by atoms with Crippen LogP contribution in [0.15, 0.2) is 116 Å². The van der Waals surface area contributed by atoms with E-state index in [1.54, 1.807) is 12.3 Å². The molecule has 0 N–H and O–H groups in total. The van der Waals surface area contributed by atoms with Gasteiger partial charge in [0.25, 0.3) is 0 Å². The summed E-state index contributed by atoms with van der Waals surface area (Å²) in [6.07, 6.45) is 0.818. The number of rotatable bonds is 7. The van der Waals surface area contributed by atoms with Crippen molar-refractivity contribution in [2.45, 2.75) is 60.1 Å². The van der Waals surface area contributed by atoms with E-state index in [4.69, 9.17) is 5.48 Å². The van der Waals surface area contributed by atoms with Crippen molar-refractivity contribution in [3.63, 3.8) is 0 Å². The molecule has 0 fully saturated rings. The first-order chi connectivity index (χ1) is 24.6. The smallest absolute Gasteiger partial charge is 0.0798 e. The third-order valence-electron chi connectivity index (χ3n) is 8.31. The van der Waals surface area contributed by atoms with Gasteiger partial charge in [-0.15, -0.1) is 59.7 Å². The third kappa shape index (κ3) is 8.44. The molecule has 0 saturated carbocycles. The Bertz CT molecular complexity index is 2330. The zero-order valence-electron chi connectivity index (χ0n) is 33.4. The first kappa shape index (κ1) is 31.1. The second kappa shape index (κ2) is 15.7. The molecule has 251 valence electrons. The zero-order valence-corrected chi connectivity index (χ0v) is 32.7. The Labute approximate surface area is 313 Å². The number of nitrogens with zero attached hydrogens (tertiary/aromatic N) is 2. The molecule has 0 spiro atoms. The summed E-state index contributed by atoms with van der Waals surface area (Å²) in [5.41, 5.74) is 4.77. The van der Waals surface area contributed by atoms with Crippen LogP contribution < -0.4 is 5.19 Å². The average Bonchev–Trinajstić information content (AvgIpc) is 3.14. The second-order valence-electron chi connectivity index (χ2n) is 13.9. The van der Waals surface area contributed by atoms with Crippen molar-refractivity contribution in [2.75, 3.05) is 0 Å². The fraction of sp³-hybridized carbons (Fsp3) is 0.244. The van der Waals surface area contributed by atoms with Crippen molar-refractivity contribution in [1.82, 2.24) is 9.97 Å². The van der Waals surface area contributed by atoms with Crippen LogP contribution in [0.25, 0.3) is 54.8 Å². The average molecular weight is 839 g/mol. The predicted molar refractivity (Wildman–Crippen MR) is 210 cm³/mol. The van der Waals surface area contributed by atoms with E-state index >= 15 is 0 Å². The molecule has 2 nitrogen and oxygen atoms in total. The molecule has 4 heteroatoms. The monoisotopic (exact) mass is 839 g/mol. The minimum atomic E-state index is -1.67. The quantitative estimate of drug-likeness (QED) is 0.0908. The molecule has 0 saturated heterocycles. The SMILES string of the molecule is [2H]C([2H])(c1cc(-c2[c-]cccc2)ncc1[Si](C)(C)C)C(C)C.[2H]C([2H])(c1ccnc(-c2[c-]cc3c4ccccc4c4ccccc4c3c2)c1)C(C)C.[Ir]. The fourth-order valence-electron chi connectivity index (χ4n) is 6.18. The summed E-state index contributed by atoms with van der Waals surface area (Å²) in [5.74, 6) is -0.207. The molecule has 0 aliphatic rings. The summed E-state index contributed by atoms with van der Waals surface area (Å²) in [4.78, 5) is 9.12. The van der Waals surface area contributed by atoms with Gasteiger partial charge in [-0.25, -0.2) is 0 Å². The zero-order chi connectivity index (χ0) is 37.4. The van der Waals surface area contributed by atoms with Crippen LogP contribution in [-0.2, 0) is 32.9 Å². The van der Waals surface area contributed by atoms with Crippen molar-refractivity contribution in [3.8, 4) is 22.5 Å². The largest absolute Gasteiger partial charge is 0.305 e. The van der Waals surface area contributed by atoms with Crippen LogP contribution in [0.1, 0.15) is 44.3 Å². The molecule has 2 aromatic heterocycles. The Kier molecular flexibility index (Phi) is 9.97. The van der Waals surface area contributed by atoms with Crippen LogP contribution in [0, 0.1) is 24.0 Å². The van der Waals surface area contributed by atoms with Crippen LogP contribution >= 0.6 is 0 Å². The molecular formula is C45H46IrN2Si-2. The number of fused-ring (bicyclic) bond motifs is 6. The van der Waals surface area contributed by atoms with E-state index in [0.717, 1.165) is 38.7 Å². The molecular weight excluding hydrogens is 789 g/mol. The van der Waals surface area contributed by atoms with Gasteiger partial charge in [0.05, 0.1) is 8.07 Å². The molecule has 2 heterocycles. The Balaban J connectivity index is 0.000000211. The van der Waals surface area contributed by atoms with Gasteiger partial charge in [0.2, 0.25) is 0 Å². The maximum absolute atomic E-state index is 8.55. The molecule has 5 aromatic carbocycles. The number of hydrogen-bond acceptors (Lipinski definition) is 2. The molecule has 7 aromatic rings. The number of aromatic nitrogens is 2. The molecule has 0 bridgehead atoms. The summed E-state index contributed by atoms with van der Waals surface area (Å²) < 4.78 is 34.0. The maximum Gasteiger partial charge on any atom is 0.0798 e. The van der Waals surface area contributed by atoms with Crippen molar-refractivity contribution >= 4 is 45.6 Å². The summed E-state index contributed by atoms with van der Waals surface area (Å²) in [7, 11) is -1.67. The van der Waals surface area contributed by atoms with Crippen LogP contribution in [-0.4, -0.2) is 18.0 Å². The van der Waals surface area contributed by atoms with E-state index in [9.17, 15) is 0 Å². The topological polar surface area (TPSA) is 25.8 Å². The Hall–Kier alpha value is -3.95. The first-order valence-electron chi connectivity index (χ1n) is 18.8. The van der Waals surface area contributed by atoms with E-state index in [2.05, 4.69) is 96.3 Å². The van der Waals surface area contributed by atoms with Gasteiger partial charge in [0.1, 0.15) is 0 Å². The minimum Gasteiger partial charge on any atom is -0.305 e. The van der Waals surface area contributed by atoms with E-state index < -0.39 is 20.8 Å². The Morgan fingerprint density at radius 2 is 1.22 bits per heavy atom. The van der Waals surface area contributed by atoms with Crippen LogP contribution in [0.3, 0.4) is 0 Å². The van der Waals surface area contributed by atoms with Gasteiger partial charge >= 0.3 is 0 Å². The van der Waals surface area contributed by atoms with Crippen LogP contribution in [0.4, 0.5) is 0 Å². The predicted octanol–water partition coefficient (Wildman–Crippen LogP) is 11.5. The molecule has 7 rings (SSSR count). The summed E-state index contributed by atoms with van der Waals surface area (Å²) in [5, 5.41) is 8.33. The summed E-state index contributed by atoms with van der Waals surface area (Å²) in [6, 6.07) is 41.0. The molecule has 49 heavy (non-hydrogen) atoms. The van der Waals surface area contributed by atoms with Gasteiger partial charge in [-0.3, -0.25) is 0 Å². The maximum atomic E-state index is 8.55. The molecule has 0 aliphatic carbocycles. The van der Waals surface area contributed by atoms with Crippen molar-refractivity contribution in [3.05, 3.63) is 139 Å². The van der Waals surface area contributed by atoms with Gasteiger partial charge < -0.3 is 9.97 Å². The Morgan fingerprint density at radius 3 is 1.82 bits per heavy atom. The van der Waals surface area contributed by atoms with Gasteiger partial charge in [-0.1, -0.05) is 135 Å². The van der Waals surface area contributed by atoms with Gasteiger partial charge in [-0.05, 0) is 63.4 Å². The Morgan fingerprint density at radius 1 is 0.633 bits per heavy atom. The number of hydrogen-bond donors (Lipinski definition) is 0. The van der Waals surface area contributed by atoms with Crippen LogP contribution in [0.5, 0.6) is 0 Å². The van der Waals surface area contributed by atoms with E-state index in [1.807, 2.05) is 76.4 Å². The van der Waals surface area contributed by atoms with Crippen molar-refractivity contribution in [2.24, 2.45) is 11.8 Å². The van der Waals surface area contributed by atoms with Gasteiger partial charge in [0, 0.05) is 38.0 Å². The summed E-state index contributed by atoms with van der Waals surface area (Å²) >= 11 is 0. The van der Waals surface area contributed by atoms with E-state index in [0.29, 0.717) is 5.56 Å². The number of benzene rings is 5. The standard InChI is InChI=1S/C27H22N.C18H24NSi.Ir/c1-18(2)15-19-13-14-28-27(16-19)20-11-12-25-23-9-4-3-7-21(23)22-8-5-6-10-24(22)26(25)17-20;1-14(2)11-16-12-17(15-9-7-6-8-10-15)19-13-18(16)20(3,4)5;/h3-10,12-14,16-18H,15H2,1-2H3;6-9,12-14H,11H2,1-5H3;/q2*-1;/i15D2;11D2;. The second-order valence-corrected chi connectivity index (χ2v) is 19.0. The van der Waals surface area contributed by atoms with Crippen molar-refractivity contribution in [1.29, 1.82) is 0 Å². The normalized spacial score (nSPS) is 13.3. The van der Waals surface area contributed by atoms with E-state index in [-0.39, 0.29) is 31.9 Å².